The first-order chi connectivity index (χ1) is 9.56. The van der Waals surface area contributed by atoms with E-state index in [0.29, 0.717) is 12.1 Å². The quantitative estimate of drug-likeness (QED) is 0.772. The Kier molecular flexibility index (Phi) is 5.65. The smallest absolute Gasteiger partial charge is 0.0296 e. The first-order valence-corrected chi connectivity index (χ1v) is 8.37. The first-order valence-electron chi connectivity index (χ1n) is 8.37. The van der Waals surface area contributed by atoms with Gasteiger partial charge in [-0.3, -0.25) is 0 Å². The number of aryl methyl sites for hydroxylation is 1. The van der Waals surface area contributed by atoms with E-state index in [1.807, 2.05) is 0 Å². The van der Waals surface area contributed by atoms with Crippen LogP contribution in [0.15, 0.2) is 24.3 Å². The molecule has 2 unspecified atom stereocenters. The van der Waals surface area contributed by atoms with Crippen molar-refractivity contribution in [3.63, 3.8) is 0 Å². The summed E-state index contributed by atoms with van der Waals surface area (Å²) >= 11 is 0. The summed E-state index contributed by atoms with van der Waals surface area (Å²) in [6, 6.07) is 9.95. The van der Waals surface area contributed by atoms with Gasteiger partial charge in [-0.15, -0.1) is 0 Å². The minimum absolute atomic E-state index is 0.471. The van der Waals surface area contributed by atoms with E-state index < -0.39 is 0 Å². The molecule has 0 radical (unpaired) electrons. The Morgan fingerprint density at radius 1 is 1.15 bits per heavy atom. The molecule has 0 bridgehead atoms. The molecule has 0 aliphatic heterocycles. The number of nitrogens with one attached hydrogen (secondary N) is 1. The Hall–Kier alpha value is -0.820. The molecule has 1 aliphatic rings. The van der Waals surface area contributed by atoms with Crippen LogP contribution >= 0.6 is 0 Å². The minimum atomic E-state index is 0.471. The Bertz CT molecular complexity index is 410. The van der Waals surface area contributed by atoms with Crippen molar-refractivity contribution in [1.82, 2.24) is 5.32 Å². The zero-order chi connectivity index (χ0) is 14.5. The summed E-state index contributed by atoms with van der Waals surface area (Å²) < 4.78 is 0. The Morgan fingerprint density at radius 3 is 2.60 bits per heavy atom. The van der Waals surface area contributed by atoms with Gasteiger partial charge >= 0.3 is 0 Å². The average molecular weight is 273 g/mol. The number of benzene rings is 1. The molecule has 3 atom stereocenters. The maximum absolute atomic E-state index is 3.88. The zero-order valence-electron chi connectivity index (χ0n) is 13.7. The number of hydrogen-bond acceptors (Lipinski definition) is 1. The normalized spacial score (nSPS) is 24.9. The molecule has 1 aromatic rings. The second-order valence-corrected chi connectivity index (χ2v) is 7.10. The van der Waals surface area contributed by atoms with Crippen LogP contribution in [-0.4, -0.2) is 6.04 Å². The lowest BCUT2D eigenvalue weighted by Crippen LogP contribution is -2.36. The highest BCUT2D eigenvalue weighted by atomic mass is 14.9. The fraction of sp³-hybridized carbons (Fsp3) is 0.684. The van der Waals surface area contributed by atoms with Gasteiger partial charge in [0.15, 0.2) is 0 Å². The maximum atomic E-state index is 3.88. The lowest BCUT2D eigenvalue weighted by atomic mass is 9.81. The van der Waals surface area contributed by atoms with Crippen molar-refractivity contribution in [2.45, 2.75) is 71.9 Å². The minimum Gasteiger partial charge on any atom is -0.307 e. The van der Waals surface area contributed by atoms with Gasteiger partial charge in [0.25, 0.3) is 0 Å². The molecule has 1 heteroatoms. The second-order valence-electron chi connectivity index (χ2n) is 7.10. The fourth-order valence-corrected chi connectivity index (χ4v) is 3.84. The molecule has 112 valence electrons. The van der Waals surface area contributed by atoms with Gasteiger partial charge in [-0.05, 0) is 56.1 Å². The van der Waals surface area contributed by atoms with E-state index in [9.17, 15) is 0 Å². The standard InChI is InChI=1S/C19H31N/c1-14(2)12-17-9-7-10-18(13-17)20-16(4)19-11-6-5-8-15(19)3/h5-6,8,11,14,16-18,20H,7,9-10,12-13H2,1-4H3/t16-,17?,18?/m1/s1. The van der Waals surface area contributed by atoms with Crippen LogP contribution in [-0.2, 0) is 0 Å². The summed E-state index contributed by atoms with van der Waals surface area (Å²) in [5.74, 6) is 1.78. The average Bonchev–Trinajstić information content (AvgIpc) is 2.38. The second kappa shape index (κ2) is 7.26. The van der Waals surface area contributed by atoms with Crippen LogP contribution in [0.5, 0.6) is 0 Å². The van der Waals surface area contributed by atoms with Crippen LogP contribution in [0.1, 0.15) is 70.0 Å². The van der Waals surface area contributed by atoms with Gasteiger partial charge in [-0.25, -0.2) is 0 Å². The first kappa shape index (κ1) is 15.6. The summed E-state index contributed by atoms with van der Waals surface area (Å²) in [7, 11) is 0. The van der Waals surface area contributed by atoms with Crippen LogP contribution in [0, 0.1) is 18.8 Å². The number of rotatable bonds is 5. The Balaban J connectivity index is 1.91. The Labute approximate surface area is 125 Å². The predicted octanol–water partition coefficient (Wildman–Crippen LogP) is 5.25. The van der Waals surface area contributed by atoms with E-state index in [1.54, 1.807) is 0 Å². The van der Waals surface area contributed by atoms with Gasteiger partial charge in [-0.1, -0.05) is 51.0 Å². The molecule has 1 N–H and O–H groups in total. The van der Waals surface area contributed by atoms with E-state index in [0.717, 1.165) is 11.8 Å². The molecule has 1 aromatic carbocycles. The molecular weight excluding hydrogens is 242 g/mol. The van der Waals surface area contributed by atoms with Crippen molar-refractivity contribution in [3.05, 3.63) is 35.4 Å². The van der Waals surface area contributed by atoms with Crippen LogP contribution in [0.2, 0.25) is 0 Å². The molecule has 0 saturated heterocycles. The van der Waals surface area contributed by atoms with Crippen LogP contribution in [0.25, 0.3) is 0 Å². The van der Waals surface area contributed by atoms with E-state index in [1.165, 1.54) is 43.2 Å². The molecule has 0 aromatic heterocycles. The van der Waals surface area contributed by atoms with Crippen molar-refractivity contribution >= 4 is 0 Å². The molecule has 20 heavy (non-hydrogen) atoms. The van der Waals surface area contributed by atoms with Crippen molar-refractivity contribution in [2.75, 3.05) is 0 Å². The van der Waals surface area contributed by atoms with E-state index >= 15 is 0 Å². The van der Waals surface area contributed by atoms with E-state index in [2.05, 4.69) is 57.3 Å². The molecule has 1 nitrogen and oxygen atoms in total. The molecule has 0 amide bonds. The third kappa shape index (κ3) is 4.34. The highest BCUT2D eigenvalue weighted by molar-refractivity contribution is 5.28. The van der Waals surface area contributed by atoms with Crippen LogP contribution in [0.4, 0.5) is 0 Å². The molecule has 1 fully saturated rings. The third-order valence-corrected chi connectivity index (χ3v) is 4.73. The number of hydrogen-bond donors (Lipinski definition) is 1. The van der Waals surface area contributed by atoms with Crippen molar-refractivity contribution in [1.29, 1.82) is 0 Å². The molecule has 2 rings (SSSR count). The SMILES string of the molecule is Cc1ccccc1[C@@H](C)NC1CCCC(CC(C)C)C1. The lowest BCUT2D eigenvalue weighted by molar-refractivity contribution is 0.242. The summed E-state index contributed by atoms with van der Waals surface area (Å²) in [6.45, 7) is 9.24. The summed E-state index contributed by atoms with van der Waals surface area (Å²) in [5.41, 5.74) is 2.86. The highest BCUT2D eigenvalue weighted by Crippen LogP contribution is 2.30. The highest BCUT2D eigenvalue weighted by Gasteiger charge is 2.24. The molecular formula is C19H31N. The van der Waals surface area contributed by atoms with Crippen LogP contribution < -0.4 is 5.32 Å². The van der Waals surface area contributed by atoms with Crippen molar-refractivity contribution in [2.24, 2.45) is 11.8 Å². The summed E-state index contributed by atoms with van der Waals surface area (Å²) in [5, 5.41) is 3.88. The maximum Gasteiger partial charge on any atom is 0.0296 e. The lowest BCUT2D eigenvalue weighted by Gasteiger charge is -2.33. The van der Waals surface area contributed by atoms with Crippen LogP contribution in [0.3, 0.4) is 0 Å². The summed E-state index contributed by atoms with van der Waals surface area (Å²) in [6.07, 6.45) is 6.96. The van der Waals surface area contributed by atoms with Crippen molar-refractivity contribution in [3.8, 4) is 0 Å². The molecule has 1 aliphatic carbocycles. The monoisotopic (exact) mass is 273 g/mol. The Morgan fingerprint density at radius 2 is 1.90 bits per heavy atom. The summed E-state index contributed by atoms with van der Waals surface area (Å²) in [4.78, 5) is 0. The topological polar surface area (TPSA) is 12.0 Å². The van der Waals surface area contributed by atoms with E-state index in [-0.39, 0.29) is 0 Å². The van der Waals surface area contributed by atoms with Gasteiger partial charge in [0.05, 0.1) is 0 Å². The predicted molar refractivity (Wildman–Crippen MR) is 87.9 cm³/mol. The fourth-order valence-electron chi connectivity index (χ4n) is 3.84. The van der Waals surface area contributed by atoms with Gasteiger partial charge in [0, 0.05) is 12.1 Å². The molecule has 0 heterocycles. The van der Waals surface area contributed by atoms with Gasteiger partial charge in [0.2, 0.25) is 0 Å². The molecule has 1 saturated carbocycles. The van der Waals surface area contributed by atoms with Gasteiger partial charge < -0.3 is 5.32 Å². The largest absolute Gasteiger partial charge is 0.307 e. The van der Waals surface area contributed by atoms with Gasteiger partial charge in [0.1, 0.15) is 0 Å². The zero-order valence-corrected chi connectivity index (χ0v) is 13.7. The third-order valence-electron chi connectivity index (χ3n) is 4.73. The van der Waals surface area contributed by atoms with E-state index in [4.69, 9.17) is 0 Å². The molecule has 0 spiro atoms. The van der Waals surface area contributed by atoms with Gasteiger partial charge in [-0.2, -0.15) is 0 Å². The van der Waals surface area contributed by atoms with Crippen molar-refractivity contribution < 1.29 is 0 Å².